The Bertz CT molecular complexity index is 734. The van der Waals surface area contributed by atoms with E-state index in [4.69, 9.17) is 5.73 Å². The number of nitrogens with zero attached hydrogens (tertiary/aromatic N) is 1. The predicted molar refractivity (Wildman–Crippen MR) is 73.2 cm³/mol. The summed E-state index contributed by atoms with van der Waals surface area (Å²) >= 11 is 0.130. The van der Waals surface area contributed by atoms with E-state index in [1.54, 1.807) is 0 Å². The van der Waals surface area contributed by atoms with Crippen molar-refractivity contribution in [2.75, 3.05) is 5.73 Å². The number of benzene rings is 2. The number of anilines is 1. The molecule has 0 bridgehead atoms. The van der Waals surface area contributed by atoms with E-state index in [1.165, 1.54) is 12.1 Å². The average molecular weight is 305 g/mol. The zero-order chi connectivity index (χ0) is 12.7. The molecule has 2 nitrogen and oxygen atoms in total. The molecule has 0 aliphatic heterocycles. The van der Waals surface area contributed by atoms with Crippen LogP contribution in [-0.4, -0.2) is 19.5 Å². The van der Waals surface area contributed by atoms with Crippen LogP contribution < -0.4 is 5.73 Å². The number of nitrogen functional groups attached to an aromatic ring is 1. The van der Waals surface area contributed by atoms with Crippen LogP contribution in [0.2, 0.25) is 0 Å². The third-order valence-corrected chi connectivity index (χ3v) is 5.15. The molecule has 0 saturated carbocycles. The molecule has 2 N–H and O–H groups in total. The number of halogens is 1. The van der Waals surface area contributed by atoms with Crippen LogP contribution in [-0.2, 0) is 0 Å². The van der Waals surface area contributed by atoms with Gasteiger partial charge in [-0.3, -0.25) is 0 Å². The zero-order valence-electron chi connectivity index (χ0n) is 9.77. The Labute approximate surface area is 110 Å². The van der Waals surface area contributed by atoms with E-state index in [2.05, 4.69) is 4.98 Å². The minimum atomic E-state index is -0.238. The molecule has 0 fully saturated rings. The van der Waals surface area contributed by atoms with Gasteiger partial charge in [-0.25, -0.2) is 0 Å². The summed E-state index contributed by atoms with van der Waals surface area (Å²) in [5.41, 5.74) is 9.53. The second-order valence-corrected chi connectivity index (χ2v) is 6.36. The van der Waals surface area contributed by atoms with Crippen molar-refractivity contribution < 1.29 is 4.39 Å². The average Bonchev–Trinajstić information content (AvgIpc) is 2.75. The van der Waals surface area contributed by atoms with Crippen LogP contribution in [0.15, 0.2) is 36.4 Å². The van der Waals surface area contributed by atoms with Gasteiger partial charge in [-0.2, -0.15) is 0 Å². The minimum absolute atomic E-state index is 0.130. The molecular formula is C14H11FN2Se. The molecular weight excluding hydrogens is 294 g/mol. The number of fused-ring (bicyclic) bond motifs is 1. The third-order valence-electron chi connectivity index (χ3n) is 2.88. The maximum atomic E-state index is 13.1. The van der Waals surface area contributed by atoms with Crippen molar-refractivity contribution in [3.8, 4) is 10.1 Å². The third kappa shape index (κ3) is 1.94. The first-order valence-corrected chi connectivity index (χ1v) is 7.27. The Balaban J connectivity index is 2.16. The molecule has 0 unspecified atom stereocenters. The Morgan fingerprint density at radius 2 is 2.00 bits per heavy atom. The fraction of sp³-hybridized carbons (Fsp3) is 0.0714. The second-order valence-electron chi connectivity index (χ2n) is 4.20. The normalized spacial score (nSPS) is 11.0. The van der Waals surface area contributed by atoms with Gasteiger partial charge in [-0.1, -0.05) is 0 Å². The number of hydrogen-bond donors (Lipinski definition) is 1. The van der Waals surface area contributed by atoms with Crippen molar-refractivity contribution >= 4 is 30.0 Å². The summed E-state index contributed by atoms with van der Waals surface area (Å²) in [6, 6.07) is 10.8. The van der Waals surface area contributed by atoms with E-state index in [0.717, 1.165) is 31.2 Å². The van der Waals surface area contributed by atoms with Crippen molar-refractivity contribution in [2.24, 2.45) is 0 Å². The van der Waals surface area contributed by atoms with E-state index in [-0.39, 0.29) is 20.3 Å². The van der Waals surface area contributed by atoms with Crippen molar-refractivity contribution in [1.82, 2.24) is 4.98 Å². The number of hydrogen-bond acceptors (Lipinski definition) is 2. The Kier molecular flexibility index (Phi) is 2.69. The number of aryl methyl sites for hydroxylation is 1. The summed E-state index contributed by atoms with van der Waals surface area (Å²) in [7, 11) is 0. The van der Waals surface area contributed by atoms with Gasteiger partial charge in [0.05, 0.1) is 0 Å². The molecule has 18 heavy (non-hydrogen) atoms. The summed E-state index contributed by atoms with van der Waals surface area (Å²) in [6.07, 6.45) is 0. The van der Waals surface area contributed by atoms with Crippen LogP contribution in [0, 0.1) is 12.7 Å². The first kappa shape index (κ1) is 11.4. The molecule has 0 spiro atoms. The molecule has 0 aliphatic carbocycles. The van der Waals surface area contributed by atoms with Gasteiger partial charge >= 0.3 is 110 Å². The molecule has 3 aromatic rings. The van der Waals surface area contributed by atoms with Crippen molar-refractivity contribution in [2.45, 2.75) is 6.92 Å². The van der Waals surface area contributed by atoms with Gasteiger partial charge in [-0.15, -0.1) is 0 Å². The Morgan fingerprint density at radius 3 is 2.78 bits per heavy atom. The van der Waals surface area contributed by atoms with E-state index in [1.807, 2.05) is 31.2 Å². The molecule has 90 valence electrons. The SMILES string of the molecule is Cc1ccc(-c2nc3cc(F)ccc3[se]2)cc1N. The Hall–Kier alpha value is -1.64. The fourth-order valence-corrected chi connectivity index (χ4v) is 3.77. The first-order chi connectivity index (χ1) is 8.63. The van der Waals surface area contributed by atoms with Crippen molar-refractivity contribution in [1.29, 1.82) is 0 Å². The van der Waals surface area contributed by atoms with Gasteiger partial charge in [0.15, 0.2) is 0 Å². The number of nitrogens with two attached hydrogens (primary N) is 1. The molecule has 3 rings (SSSR count). The standard InChI is InChI=1S/C14H11FN2Se/c1-8-2-3-9(6-11(8)16)14-17-12-7-10(15)4-5-13(12)18-14/h2-7H,16H2,1H3. The first-order valence-electron chi connectivity index (χ1n) is 5.56. The summed E-state index contributed by atoms with van der Waals surface area (Å²) < 4.78 is 15.3. The molecule has 1 heterocycles. The molecule has 0 amide bonds. The molecule has 0 aliphatic rings. The fourth-order valence-electron chi connectivity index (χ4n) is 1.80. The van der Waals surface area contributed by atoms with Gasteiger partial charge in [0.25, 0.3) is 0 Å². The van der Waals surface area contributed by atoms with Gasteiger partial charge in [0.1, 0.15) is 0 Å². The predicted octanol–water partition coefficient (Wildman–Crippen LogP) is 2.99. The van der Waals surface area contributed by atoms with E-state index < -0.39 is 0 Å². The van der Waals surface area contributed by atoms with Crippen LogP contribution in [0.1, 0.15) is 5.56 Å². The quantitative estimate of drug-likeness (QED) is 0.554. The van der Waals surface area contributed by atoms with Crippen LogP contribution in [0.4, 0.5) is 10.1 Å². The monoisotopic (exact) mass is 306 g/mol. The van der Waals surface area contributed by atoms with Crippen molar-refractivity contribution in [3.63, 3.8) is 0 Å². The number of aromatic nitrogens is 1. The van der Waals surface area contributed by atoms with Crippen LogP contribution in [0.5, 0.6) is 0 Å². The molecule has 0 saturated heterocycles. The Morgan fingerprint density at radius 1 is 1.17 bits per heavy atom. The molecule has 2 aromatic carbocycles. The molecule has 1 aromatic heterocycles. The number of rotatable bonds is 1. The topological polar surface area (TPSA) is 38.9 Å². The molecule has 4 heteroatoms. The van der Waals surface area contributed by atoms with Crippen LogP contribution >= 0.6 is 0 Å². The zero-order valence-corrected chi connectivity index (χ0v) is 11.5. The summed E-state index contributed by atoms with van der Waals surface area (Å²) in [4.78, 5) is 4.50. The summed E-state index contributed by atoms with van der Waals surface area (Å²) in [5.74, 6) is -0.238. The van der Waals surface area contributed by atoms with Crippen molar-refractivity contribution in [3.05, 3.63) is 47.8 Å². The van der Waals surface area contributed by atoms with Gasteiger partial charge in [0.2, 0.25) is 0 Å². The maximum absolute atomic E-state index is 13.1. The summed E-state index contributed by atoms with van der Waals surface area (Å²) in [5, 5.41) is 0. The summed E-state index contributed by atoms with van der Waals surface area (Å²) in [6.45, 7) is 1.98. The van der Waals surface area contributed by atoms with E-state index >= 15 is 0 Å². The van der Waals surface area contributed by atoms with Crippen LogP contribution in [0.3, 0.4) is 0 Å². The second kappa shape index (κ2) is 4.23. The molecule has 0 atom stereocenters. The van der Waals surface area contributed by atoms with E-state index in [0.29, 0.717) is 0 Å². The molecule has 0 radical (unpaired) electrons. The van der Waals surface area contributed by atoms with Gasteiger partial charge < -0.3 is 0 Å². The van der Waals surface area contributed by atoms with E-state index in [9.17, 15) is 4.39 Å². The van der Waals surface area contributed by atoms with Gasteiger partial charge in [0, 0.05) is 0 Å². The van der Waals surface area contributed by atoms with Crippen LogP contribution in [0.25, 0.3) is 19.9 Å². The van der Waals surface area contributed by atoms with Gasteiger partial charge in [-0.05, 0) is 0 Å².